The van der Waals surface area contributed by atoms with E-state index in [0.717, 1.165) is 59.9 Å². The first-order valence-corrected chi connectivity index (χ1v) is 10.7. The number of fused-ring (bicyclic) bond motifs is 5. The minimum atomic E-state index is -0.236. The van der Waals surface area contributed by atoms with E-state index in [1.165, 1.54) is 0 Å². The molecule has 0 bridgehead atoms. The minimum absolute atomic E-state index is 0.236. The number of benzene rings is 2. The van der Waals surface area contributed by atoms with Crippen molar-refractivity contribution in [2.75, 3.05) is 13.3 Å². The molecule has 0 unspecified atom stereocenters. The molecular weight excluding hydrogens is 433 g/mol. The molecule has 0 atom stereocenters. The fraction of sp³-hybridized carbons (Fsp3) is 0.318. The third-order valence-corrected chi connectivity index (χ3v) is 6.62. The van der Waals surface area contributed by atoms with Crippen LogP contribution in [0.2, 0.25) is 15.1 Å². The molecule has 3 aromatic rings. The van der Waals surface area contributed by atoms with Crippen molar-refractivity contribution >= 4 is 45.8 Å². The van der Waals surface area contributed by atoms with Crippen molar-refractivity contribution < 1.29 is 9.15 Å². The van der Waals surface area contributed by atoms with E-state index in [4.69, 9.17) is 44.0 Å². The summed E-state index contributed by atoms with van der Waals surface area (Å²) in [5, 5.41) is 2.78. The second-order valence-electron chi connectivity index (χ2n) is 7.55. The van der Waals surface area contributed by atoms with Crippen molar-refractivity contribution in [2.24, 2.45) is 0 Å². The predicted molar refractivity (Wildman–Crippen MR) is 116 cm³/mol. The number of rotatable bonds is 3. The summed E-state index contributed by atoms with van der Waals surface area (Å²) in [6.45, 7) is 1.75. The molecule has 1 aromatic heterocycles. The van der Waals surface area contributed by atoms with Gasteiger partial charge in [0, 0.05) is 34.1 Å². The van der Waals surface area contributed by atoms with Crippen LogP contribution in [-0.4, -0.2) is 18.2 Å². The van der Waals surface area contributed by atoms with Gasteiger partial charge in [-0.1, -0.05) is 40.9 Å². The lowest BCUT2D eigenvalue weighted by Gasteiger charge is -2.30. The van der Waals surface area contributed by atoms with E-state index >= 15 is 0 Å². The van der Waals surface area contributed by atoms with Gasteiger partial charge in [0.05, 0.1) is 10.6 Å². The molecule has 0 radical (unpaired) electrons. The topological polar surface area (TPSA) is 42.7 Å². The number of nitrogens with zero attached hydrogens (tertiary/aromatic N) is 1. The van der Waals surface area contributed by atoms with Gasteiger partial charge in [-0.15, -0.1) is 0 Å². The Morgan fingerprint density at radius 3 is 2.66 bits per heavy atom. The molecule has 1 aliphatic carbocycles. The predicted octanol–water partition coefficient (Wildman–Crippen LogP) is 5.64. The first-order valence-electron chi connectivity index (χ1n) is 9.60. The van der Waals surface area contributed by atoms with Crippen molar-refractivity contribution in [2.45, 2.75) is 32.2 Å². The van der Waals surface area contributed by atoms with Gasteiger partial charge >= 0.3 is 5.63 Å². The standard InChI is InChI=1S/C22H18Cl3NO3/c23-13-5-4-12(18(24)8-13)6-7-26-10-17-20-16(9-19(25)21(17)28-11-26)14-2-1-3-15(14)22(27)29-20/h4-5,8-9H,1-3,6-7,10-11H2. The number of halogens is 3. The summed E-state index contributed by atoms with van der Waals surface area (Å²) in [5.41, 5.74) is 4.10. The van der Waals surface area contributed by atoms with Gasteiger partial charge in [0.25, 0.3) is 0 Å². The maximum absolute atomic E-state index is 12.5. The van der Waals surface area contributed by atoms with Crippen LogP contribution in [0.3, 0.4) is 0 Å². The Kier molecular flexibility index (Phi) is 4.99. The van der Waals surface area contributed by atoms with Crippen molar-refractivity contribution in [3.63, 3.8) is 0 Å². The zero-order valence-electron chi connectivity index (χ0n) is 15.6. The molecular formula is C22H18Cl3NO3. The van der Waals surface area contributed by atoms with E-state index in [9.17, 15) is 4.79 Å². The third-order valence-electron chi connectivity index (χ3n) is 5.75. The van der Waals surface area contributed by atoms with Crippen LogP contribution in [0.1, 0.15) is 28.7 Å². The van der Waals surface area contributed by atoms with Crippen molar-refractivity contribution in [3.8, 4) is 5.75 Å². The summed E-state index contributed by atoms with van der Waals surface area (Å²) in [7, 11) is 0. The zero-order chi connectivity index (χ0) is 20.1. The van der Waals surface area contributed by atoms with Gasteiger partial charge in [0.1, 0.15) is 18.1 Å². The average Bonchev–Trinajstić information content (AvgIpc) is 3.19. The van der Waals surface area contributed by atoms with Crippen LogP contribution < -0.4 is 10.4 Å². The molecule has 0 fully saturated rings. The highest BCUT2D eigenvalue weighted by molar-refractivity contribution is 6.35. The molecule has 4 nitrogen and oxygen atoms in total. The maximum Gasteiger partial charge on any atom is 0.339 e. The number of aryl methyl sites for hydroxylation is 1. The van der Waals surface area contributed by atoms with Crippen molar-refractivity contribution in [1.82, 2.24) is 4.90 Å². The van der Waals surface area contributed by atoms with Crippen LogP contribution in [-0.2, 0) is 25.8 Å². The normalized spacial score (nSPS) is 16.0. The van der Waals surface area contributed by atoms with Gasteiger partial charge < -0.3 is 9.15 Å². The molecule has 7 heteroatoms. The Bertz CT molecular complexity index is 1190. The van der Waals surface area contributed by atoms with E-state index in [2.05, 4.69) is 4.90 Å². The largest absolute Gasteiger partial charge is 0.476 e. The van der Waals surface area contributed by atoms with Crippen LogP contribution >= 0.6 is 34.8 Å². The average molecular weight is 451 g/mol. The molecule has 0 N–H and O–H groups in total. The number of hydrogen-bond donors (Lipinski definition) is 0. The van der Waals surface area contributed by atoms with Gasteiger partial charge in [-0.25, -0.2) is 4.79 Å². The van der Waals surface area contributed by atoms with Gasteiger partial charge in [0.15, 0.2) is 0 Å². The smallest absolute Gasteiger partial charge is 0.339 e. The minimum Gasteiger partial charge on any atom is -0.476 e. The summed E-state index contributed by atoms with van der Waals surface area (Å²) < 4.78 is 11.7. The number of ether oxygens (including phenoxy) is 1. The van der Waals surface area contributed by atoms with Crippen LogP contribution in [0.5, 0.6) is 5.75 Å². The Morgan fingerprint density at radius 2 is 1.83 bits per heavy atom. The summed E-state index contributed by atoms with van der Waals surface area (Å²) in [6, 6.07) is 7.42. The van der Waals surface area contributed by atoms with E-state index < -0.39 is 0 Å². The Hall–Kier alpha value is -1.72. The maximum atomic E-state index is 12.5. The first-order chi connectivity index (χ1) is 14.0. The fourth-order valence-corrected chi connectivity index (χ4v) is 5.08. The highest BCUT2D eigenvalue weighted by atomic mass is 35.5. The van der Waals surface area contributed by atoms with Crippen LogP contribution in [0.15, 0.2) is 33.5 Å². The summed E-state index contributed by atoms with van der Waals surface area (Å²) in [5.74, 6) is 0.612. The second kappa shape index (κ2) is 7.51. The summed E-state index contributed by atoms with van der Waals surface area (Å²) >= 11 is 18.8. The molecule has 0 amide bonds. The highest BCUT2D eigenvalue weighted by Crippen LogP contribution is 2.41. The lowest BCUT2D eigenvalue weighted by Crippen LogP contribution is -2.34. The quantitative estimate of drug-likeness (QED) is 0.485. The van der Waals surface area contributed by atoms with Crippen molar-refractivity contribution in [3.05, 3.63) is 72.0 Å². The van der Waals surface area contributed by atoms with E-state index in [1.54, 1.807) is 6.07 Å². The molecule has 5 rings (SSSR count). The van der Waals surface area contributed by atoms with Gasteiger partial charge in [0.2, 0.25) is 0 Å². The molecule has 150 valence electrons. The van der Waals surface area contributed by atoms with Crippen LogP contribution in [0.4, 0.5) is 0 Å². The van der Waals surface area contributed by atoms with E-state index in [1.807, 2.05) is 18.2 Å². The highest BCUT2D eigenvalue weighted by Gasteiger charge is 2.28. The second-order valence-corrected chi connectivity index (χ2v) is 8.81. The van der Waals surface area contributed by atoms with E-state index in [-0.39, 0.29) is 5.63 Å². The lowest BCUT2D eigenvalue weighted by molar-refractivity contribution is 0.0969. The summed E-state index contributed by atoms with van der Waals surface area (Å²) in [6.07, 6.45) is 3.38. The zero-order valence-corrected chi connectivity index (χ0v) is 17.8. The van der Waals surface area contributed by atoms with Crippen LogP contribution in [0, 0.1) is 0 Å². The molecule has 0 saturated heterocycles. The first kappa shape index (κ1) is 19.3. The van der Waals surface area contributed by atoms with Gasteiger partial charge in [-0.05, 0) is 55.0 Å². The summed E-state index contributed by atoms with van der Waals surface area (Å²) in [4.78, 5) is 14.6. The van der Waals surface area contributed by atoms with Gasteiger partial charge in [-0.3, -0.25) is 4.90 Å². The molecule has 0 saturated carbocycles. The molecule has 2 aliphatic rings. The molecule has 0 spiro atoms. The molecule has 2 aromatic carbocycles. The molecule has 2 heterocycles. The third kappa shape index (κ3) is 3.42. The molecule has 29 heavy (non-hydrogen) atoms. The lowest BCUT2D eigenvalue weighted by atomic mass is 10.0. The molecule has 1 aliphatic heterocycles. The SMILES string of the molecule is O=c1oc2c3c(c(Cl)cc2c2c1CCC2)OCN(CCc1ccc(Cl)cc1Cl)C3. The Balaban J connectivity index is 1.47. The monoisotopic (exact) mass is 449 g/mol. The van der Waals surface area contributed by atoms with Crippen LogP contribution in [0.25, 0.3) is 11.0 Å². The Morgan fingerprint density at radius 1 is 1.00 bits per heavy atom. The van der Waals surface area contributed by atoms with Crippen molar-refractivity contribution in [1.29, 1.82) is 0 Å². The van der Waals surface area contributed by atoms with E-state index in [0.29, 0.717) is 39.7 Å². The number of hydrogen-bond acceptors (Lipinski definition) is 4. The fourth-order valence-electron chi connectivity index (χ4n) is 4.30. The van der Waals surface area contributed by atoms with Gasteiger partial charge in [-0.2, -0.15) is 0 Å². The Labute approximate surface area is 182 Å².